The van der Waals surface area contributed by atoms with Crippen molar-refractivity contribution in [3.8, 4) is 5.75 Å². The summed E-state index contributed by atoms with van der Waals surface area (Å²) >= 11 is 0. The Labute approximate surface area is 170 Å². The number of aliphatic imine (C=N–C) groups is 1. The zero-order chi connectivity index (χ0) is 18.9. The van der Waals surface area contributed by atoms with E-state index in [0.29, 0.717) is 24.6 Å². The first-order valence-electron chi connectivity index (χ1n) is 8.07. The number of rotatable bonds is 9. The van der Waals surface area contributed by atoms with Crippen LogP contribution in [-0.4, -0.2) is 50.0 Å². The zero-order valence-corrected chi connectivity index (χ0v) is 17.8. The highest BCUT2D eigenvalue weighted by Crippen LogP contribution is 2.19. The first kappa shape index (κ1) is 24.8. The molecule has 1 aromatic rings. The molecule has 0 spiro atoms. The highest BCUT2D eigenvalue weighted by atomic mass is 127. The molecule has 1 aromatic carbocycles. The maximum atomic E-state index is 12.1. The lowest BCUT2D eigenvalue weighted by Gasteiger charge is -2.22. The van der Waals surface area contributed by atoms with Crippen LogP contribution in [0.2, 0.25) is 0 Å². The summed E-state index contributed by atoms with van der Waals surface area (Å²) in [6.45, 7) is 4.28. The number of nitrogens with one attached hydrogen (secondary N) is 2. The molecule has 0 saturated carbocycles. The molecule has 1 rings (SSSR count). The molecule has 0 saturated heterocycles. The molecule has 150 valence electrons. The van der Waals surface area contributed by atoms with Crippen LogP contribution in [0, 0.1) is 0 Å². The number of hydrogen-bond donors (Lipinski definition) is 3. The van der Waals surface area contributed by atoms with Gasteiger partial charge in [-0.15, -0.1) is 24.0 Å². The van der Waals surface area contributed by atoms with Gasteiger partial charge >= 0.3 is 6.61 Å². The molecule has 0 bridgehead atoms. The van der Waals surface area contributed by atoms with E-state index in [4.69, 9.17) is 4.74 Å². The molecular formula is C17H28F2IN3O3. The van der Waals surface area contributed by atoms with Crippen LogP contribution < -0.4 is 15.4 Å². The quantitative estimate of drug-likeness (QED) is 0.284. The number of hydrogen-bond acceptors (Lipinski definition) is 4. The highest BCUT2D eigenvalue weighted by molar-refractivity contribution is 14.0. The second kappa shape index (κ2) is 12.2. The minimum atomic E-state index is -2.87. The lowest BCUT2D eigenvalue weighted by molar-refractivity contribution is -0.0498. The van der Waals surface area contributed by atoms with E-state index in [9.17, 15) is 13.9 Å². The van der Waals surface area contributed by atoms with Crippen molar-refractivity contribution < 1.29 is 23.4 Å². The minimum Gasteiger partial charge on any atom is -0.435 e. The van der Waals surface area contributed by atoms with Gasteiger partial charge in [-0.25, -0.2) is 0 Å². The number of aliphatic hydroxyl groups excluding tert-OH is 1. The second-order valence-electron chi connectivity index (χ2n) is 6.00. The third kappa shape index (κ3) is 9.48. The van der Waals surface area contributed by atoms with Gasteiger partial charge in [-0.2, -0.15) is 8.78 Å². The summed E-state index contributed by atoms with van der Waals surface area (Å²) in [5.74, 6) is 0.611. The number of methoxy groups -OCH3 is 1. The summed E-state index contributed by atoms with van der Waals surface area (Å²) in [6, 6.07) is 5.88. The first-order chi connectivity index (χ1) is 11.8. The standard InChI is InChI=1S/C17H27F2N3O3.HI/c1-5-20-16(22-11-17(2,3)24-4)21-10-14(23)12-6-8-13(9-7-12)25-15(18)19;/h6-9,14-15,23H,5,10-11H2,1-4H3,(H2,20,21,22);1H. The van der Waals surface area contributed by atoms with Crippen molar-refractivity contribution in [1.82, 2.24) is 10.6 Å². The summed E-state index contributed by atoms with van der Waals surface area (Å²) in [4.78, 5) is 4.42. The van der Waals surface area contributed by atoms with Crippen molar-refractivity contribution in [2.45, 2.75) is 39.1 Å². The molecule has 6 nitrogen and oxygen atoms in total. The fourth-order valence-electron chi connectivity index (χ4n) is 1.86. The van der Waals surface area contributed by atoms with Gasteiger partial charge in [0, 0.05) is 20.2 Å². The van der Waals surface area contributed by atoms with Gasteiger partial charge < -0.3 is 25.2 Å². The van der Waals surface area contributed by atoms with Crippen LogP contribution in [0.15, 0.2) is 29.3 Å². The van der Waals surface area contributed by atoms with E-state index in [-0.39, 0.29) is 41.9 Å². The molecule has 1 unspecified atom stereocenters. The van der Waals surface area contributed by atoms with E-state index in [1.165, 1.54) is 12.1 Å². The van der Waals surface area contributed by atoms with Crippen molar-refractivity contribution in [3.63, 3.8) is 0 Å². The molecule has 0 fully saturated rings. The minimum absolute atomic E-state index is 0. The van der Waals surface area contributed by atoms with Gasteiger partial charge in [0.25, 0.3) is 0 Å². The summed E-state index contributed by atoms with van der Waals surface area (Å²) in [6.07, 6.45) is -0.820. The van der Waals surface area contributed by atoms with Gasteiger partial charge in [-0.1, -0.05) is 12.1 Å². The third-order valence-electron chi connectivity index (χ3n) is 3.47. The van der Waals surface area contributed by atoms with E-state index >= 15 is 0 Å². The number of guanidine groups is 1. The average Bonchev–Trinajstić information content (AvgIpc) is 2.57. The van der Waals surface area contributed by atoms with Gasteiger partial charge in [-0.05, 0) is 38.5 Å². The number of nitrogens with zero attached hydrogens (tertiary/aromatic N) is 1. The summed E-state index contributed by atoms with van der Waals surface area (Å²) in [7, 11) is 1.63. The summed E-state index contributed by atoms with van der Waals surface area (Å²) in [5, 5.41) is 16.4. The van der Waals surface area contributed by atoms with Crippen molar-refractivity contribution in [2.75, 3.05) is 26.7 Å². The van der Waals surface area contributed by atoms with Crippen LogP contribution >= 0.6 is 24.0 Å². The third-order valence-corrected chi connectivity index (χ3v) is 3.47. The highest BCUT2D eigenvalue weighted by Gasteiger charge is 2.16. The fraction of sp³-hybridized carbons (Fsp3) is 0.588. The van der Waals surface area contributed by atoms with Crippen LogP contribution in [0.4, 0.5) is 8.78 Å². The van der Waals surface area contributed by atoms with Crippen LogP contribution in [0.3, 0.4) is 0 Å². The lowest BCUT2D eigenvalue weighted by Crippen LogP contribution is -2.40. The Bertz CT molecular complexity index is 543. The second-order valence-corrected chi connectivity index (χ2v) is 6.00. The largest absolute Gasteiger partial charge is 0.435 e. The summed E-state index contributed by atoms with van der Waals surface area (Å²) < 4.78 is 33.9. The molecule has 0 aliphatic heterocycles. The Hall–Kier alpha value is -1.20. The Morgan fingerprint density at radius 2 is 1.85 bits per heavy atom. The Balaban J connectivity index is 0.00000625. The molecule has 3 N–H and O–H groups in total. The number of alkyl halides is 2. The van der Waals surface area contributed by atoms with Gasteiger partial charge in [0.15, 0.2) is 5.96 Å². The molecule has 9 heteroatoms. The number of benzene rings is 1. The molecule has 0 aliphatic carbocycles. The summed E-state index contributed by atoms with van der Waals surface area (Å²) in [5.41, 5.74) is 0.198. The van der Waals surface area contributed by atoms with Gasteiger partial charge in [-0.3, -0.25) is 4.99 Å². The SMILES string of the molecule is CCNC(=NCC(C)(C)OC)NCC(O)c1ccc(OC(F)F)cc1.I. The van der Waals surface area contributed by atoms with Crippen LogP contribution in [0.25, 0.3) is 0 Å². The van der Waals surface area contributed by atoms with E-state index in [1.807, 2.05) is 20.8 Å². The van der Waals surface area contributed by atoms with Crippen molar-refractivity contribution in [2.24, 2.45) is 4.99 Å². The predicted octanol–water partition coefficient (Wildman–Crippen LogP) is 2.92. The van der Waals surface area contributed by atoms with Crippen molar-refractivity contribution in [1.29, 1.82) is 0 Å². The molecular weight excluding hydrogens is 459 g/mol. The van der Waals surface area contributed by atoms with Crippen molar-refractivity contribution >= 4 is 29.9 Å². The number of halogens is 3. The number of ether oxygens (including phenoxy) is 2. The average molecular weight is 487 g/mol. The Kier molecular flexibility index (Phi) is 11.7. The van der Waals surface area contributed by atoms with Crippen molar-refractivity contribution in [3.05, 3.63) is 29.8 Å². The van der Waals surface area contributed by atoms with E-state index in [1.54, 1.807) is 19.2 Å². The van der Waals surface area contributed by atoms with E-state index in [2.05, 4.69) is 20.4 Å². The maximum absolute atomic E-state index is 12.1. The van der Waals surface area contributed by atoms with Crippen LogP contribution in [-0.2, 0) is 4.74 Å². The molecule has 0 aromatic heterocycles. The van der Waals surface area contributed by atoms with Crippen LogP contribution in [0.5, 0.6) is 5.75 Å². The topological polar surface area (TPSA) is 75.1 Å². The fourth-order valence-corrected chi connectivity index (χ4v) is 1.86. The predicted molar refractivity (Wildman–Crippen MR) is 109 cm³/mol. The normalized spacial score (nSPS) is 13.2. The van der Waals surface area contributed by atoms with Crippen LogP contribution in [0.1, 0.15) is 32.4 Å². The van der Waals surface area contributed by atoms with Gasteiger partial charge in [0.05, 0.1) is 18.2 Å². The van der Waals surface area contributed by atoms with Gasteiger partial charge in [0.1, 0.15) is 5.75 Å². The Morgan fingerprint density at radius 1 is 1.23 bits per heavy atom. The lowest BCUT2D eigenvalue weighted by atomic mass is 10.1. The Morgan fingerprint density at radius 3 is 2.35 bits per heavy atom. The number of aliphatic hydroxyl groups is 1. The van der Waals surface area contributed by atoms with Gasteiger partial charge in [0.2, 0.25) is 0 Å². The molecule has 26 heavy (non-hydrogen) atoms. The molecule has 0 aliphatic rings. The monoisotopic (exact) mass is 487 g/mol. The first-order valence-corrected chi connectivity index (χ1v) is 8.07. The zero-order valence-electron chi connectivity index (χ0n) is 15.5. The molecule has 0 radical (unpaired) electrons. The van der Waals surface area contributed by atoms with E-state index < -0.39 is 12.7 Å². The smallest absolute Gasteiger partial charge is 0.387 e. The molecule has 0 heterocycles. The maximum Gasteiger partial charge on any atom is 0.387 e. The van der Waals surface area contributed by atoms with E-state index in [0.717, 1.165) is 0 Å². The molecule has 1 atom stereocenters. The molecule has 0 amide bonds.